The van der Waals surface area contributed by atoms with E-state index in [1.807, 2.05) is 0 Å². The molecule has 0 radical (unpaired) electrons. The van der Waals surface area contributed by atoms with Gasteiger partial charge < -0.3 is 14.9 Å². The highest BCUT2D eigenvalue weighted by Gasteiger charge is 2.38. The largest absolute Gasteiger partial charge is 0.481 e. The number of amides is 1. The second-order valence-electron chi connectivity index (χ2n) is 6.02. The molecule has 138 valence electrons. The summed E-state index contributed by atoms with van der Waals surface area (Å²) in [5, 5.41) is 15.0. The van der Waals surface area contributed by atoms with Crippen molar-refractivity contribution >= 4 is 11.9 Å². The van der Waals surface area contributed by atoms with Crippen LogP contribution in [-0.4, -0.2) is 33.2 Å². The van der Waals surface area contributed by atoms with E-state index in [1.54, 1.807) is 0 Å². The molecule has 1 aliphatic rings. The van der Waals surface area contributed by atoms with Crippen LogP contribution in [0.2, 0.25) is 0 Å². The molecule has 3 rings (SSSR count). The summed E-state index contributed by atoms with van der Waals surface area (Å²) >= 11 is 0. The lowest BCUT2D eigenvalue weighted by atomic mass is 10.1. The van der Waals surface area contributed by atoms with E-state index < -0.39 is 24.0 Å². The first-order chi connectivity index (χ1) is 12.2. The number of carboxylic acid groups (broad SMARTS) is 1. The Morgan fingerprint density at radius 1 is 1.19 bits per heavy atom. The van der Waals surface area contributed by atoms with E-state index in [4.69, 9.17) is 5.11 Å². The molecule has 0 unspecified atom stereocenters. The molecule has 0 spiro atoms. The number of carbonyl (C=O) groups is 2. The number of carboxylic acids is 1. The number of halogens is 3. The van der Waals surface area contributed by atoms with Gasteiger partial charge in [-0.2, -0.15) is 18.2 Å². The summed E-state index contributed by atoms with van der Waals surface area (Å²) in [6.07, 6.45) is -3.25. The lowest BCUT2D eigenvalue weighted by Crippen LogP contribution is -2.33. The molecule has 1 amide bonds. The van der Waals surface area contributed by atoms with Gasteiger partial charge in [-0.25, -0.2) is 0 Å². The van der Waals surface area contributed by atoms with Crippen LogP contribution >= 0.6 is 0 Å². The van der Waals surface area contributed by atoms with Gasteiger partial charge in [0, 0.05) is 17.2 Å². The highest BCUT2D eigenvalue weighted by Crippen LogP contribution is 2.29. The first kappa shape index (κ1) is 17.9. The predicted octanol–water partition coefficient (Wildman–Crippen LogP) is 2.74. The Hall–Kier alpha value is -2.91. The van der Waals surface area contributed by atoms with Gasteiger partial charge in [0.05, 0.1) is 5.92 Å². The van der Waals surface area contributed by atoms with E-state index in [0.29, 0.717) is 24.8 Å². The Kier molecular flexibility index (Phi) is 4.66. The first-order valence-corrected chi connectivity index (χ1v) is 7.79. The summed E-state index contributed by atoms with van der Waals surface area (Å²) in [5.41, 5.74) is 0.569. The van der Waals surface area contributed by atoms with Crippen LogP contribution in [0.5, 0.6) is 0 Å². The molecular weight excluding hydrogens is 355 g/mol. The topological polar surface area (TPSA) is 105 Å². The van der Waals surface area contributed by atoms with Crippen LogP contribution in [0.1, 0.15) is 35.5 Å². The van der Waals surface area contributed by atoms with E-state index in [9.17, 15) is 22.8 Å². The van der Waals surface area contributed by atoms with Crippen molar-refractivity contribution in [3.8, 4) is 11.4 Å². The molecule has 26 heavy (non-hydrogen) atoms. The number of aliphatic carboxylic acids is 1. The number of nitrogens with zero attached hydrogens (tertiary/aromatic N) is 2. The van der Waals surface area contributed by atoms with E-state index in [0.717, 1.165) is 0 Å². The van der Waals surface area contributed by atoms with Gasteiger partial charge >= 0.3 is 18.0 Å². The molecule has 2 N–H and O–H groups in total. The minimum atomic E-state index is -4.72. The number of alkyl halides is 3. The summed E-state index contributed by atoms with van der Waals surface area (Å²) in [5.74, 6) is -3.38. The standard InChI is InChI=1S/C16H14F3N3O4/c17-16(18,19)15-21-12(22-26-15)8-1-3-9(4-2-8)13(23)20-11-6-5-10(7-11)14(24)25/h1-4,10-11H,5-7H2,(H,20,23)(H,24,25)/t10-,11+/m0/s1. The molecule has 10 heteroatoms. The molecule has 2 atom stereocenters. The fourth-order valence-corrected chi connectivity index (χ4v) is 2.83. The molecule has 1 heterocycles. The molecule has 7 nitrogen and oxygen atoms in total. The average Bonchev–Trinajstić information content (AvgIpc) is 3.24. The predicted molar refractivity (Wildman–Crippen MR) is 81.0 cm³/mol. The number of hydrogen-bond donors (Lipinski definition) is 2. The fraction of sp³-hybridized carbons (Fsp3) is 0.375. The Bertz CT molecular complexity index is 817. The molecule has 1 saturated carbocycles. The van der Waals surface area contributed by atoms with Crippen molar-refractivity contribution in [3.63, 3.8) is 0 Å². The number of nitrogens with one attached hydrogen (secondary N) is 1. The van der Waals surface area contributed by atoms with Gasteiger partial charge in [-0.15, -0.1) is 0 Å². The van der Waals surface area contributed by atoms with E-state index in [-0.39, 0.29) is 23.3 Å². The van der Waals surface area contributed by atoms with Crippen LogP contribution in [0.15, 0.2) is 28.8 Å². The van der Waals surface area contributed by atoms with E-state index >= 15 is 0 Å². The van der Waals surface area contributed by atoms with Gasteiger partial charge in [-0.05, 0) is 31.4 Å². The van der Waals surface area contributed by atoms with Gasteiger partial charge in [0.2, 0.25) is 5.82 Å². The second-order valence-corrected chi connectivity index (χ2v) is 6.02. The number of rotatable bonds is 4. The van der Waals surface area contributed by atoms with Crippen LogP contribution in [0.4, 0.5) is 13.2 Å². The lowest BCUT2D eigenvalue weighted by molar-refractivity contribution is -0.159. The van der Waals surface area contributed by atoms with Crippen LogP contribution in [-0.2, 0) is 11.0 Å². The van der Waals surface area contributed by atoms with Crippen molar-refractivity contribution in [2.75, 3.05) is 0 Å². The number of hydrogen-bond acceptors (Lipinski definition) is 5. The van der Waals surface area contributed by atoms with Crippen LogP contribution in [0, 0.1) is 5.92 Å². The Balaban J connectivity index is 1.65. The average molecular weight is 369 g/mol. The summed E-state index contributed by atoms with van der Waals surface area (Å²) in [6.45, 7) is 0. The third-order valence-corrected chi connectivity index (χ3v) is 4.19. The fourth-order valence-electron chi connectivity index (χ4n) is 2.83. The monoisotopic (exact) mass is 369 g/mol. The molecule has 0 bridgehead atoms. The van der Waals surface area contributed by atoms with E-state index in [2.05, 4.69) is 20.0 Å². The second kappa shape index (κ2) is 6.77. The zero-order valence-corrected chi connectivity index (χ0v) is 13.3. The van der Waals surface area contributed by atoms with Crippen molar-refractivity contribution in [1.82, 2.24) is 15.5 Å². The maximum atomic E-state index is 12.5. The molecule has 0 aliphatic heterocycles. The number of aromatic nitrogens is 2. The van der Waals surface area contributed by atoms with Crippen molar-refractivity contribution < 1.29 is 32.4 Å². The van der Waals surface area contributed by atoms with Crippen LogP contribution in [0.3, 0.4) is 0 Å². The van der Waals surface area contributed by atoms with Gasteiger partial charge in [0.15, 0.2) is 0 Å². The lowest BCUT2D eigenvalue weighted by Gasteiger charge is -2.12. The Morgan fingerprint density at radius 2 is 1.88 bits per heavy atom. The number of carbonyl (C=O) groups excluding carboxylic acids is 1. The minimum absolute atomic E-state index is 0.213. The summed E-state index contributed by atoms with van der Waals surface area (Å²) in [7, 11) is 0. The highest BCUT2D eigenvalue weighted by atomic mass is 19.4. The van der Waals surface area contributed by atoms with Gasteiger partial charge in [0.25, 0.3) is 5.91 Å². The van der Waals surface area contributed by atoms with Gasteiger partial charge in [-0.3, -0.25) is 9.59 Å². The van der Waals surface area contributed by atoms with Crippen molar-refractivity contribution in [2.24, 2.45) is 5.92 Å². The highest BCUT2D eigenvalue weighted by molar-refractivity contribution is 5.94. The van der Waals surface area contributed by atoms with Crippen LogP contribution < -0.4 is 5.32 Å². The first-order valence-electron chi connectivity index (χ1n) is 7.79. The third kappa shape index (κ3) is 3.84. The van der Waals surface area contributed by atoms with Crippen molar-refractivity contribution in [3.05, 3.63) is 35.7 Å². The Labute approximate surface area is 145 Å². The molecule has 1 aromatic carbocycles. The smallest absolute Gasteiger partial charge is 0.471 e. The zero-order valence-electron chi connectivity index (χ0n) is 13.3. The molecule has 1 aromatic heterocycles. The van der Waals surface area contributed by atoms with Gasteiger partial charge in [0.1, 0.15) is 0 Å². The zero-order chi connectivity index (χ0) is 18.9. The molecule has 1 fully saturated rings. The minimum Gasteiger partial charge on any atom is -0.481 e. The van der Waals surface area contributed by atoms with Crippen LogP contribution in [0.25, 0.3) is 11.4 Å². The summed E-state index contributed by atoms with van der Waals surface area (Å²) < 4.78 is 41.6. The maximum absolute atomic E-state index is 12.5. The van der Waals surface area contributed by atoms with Gasteiger partial charge in [-0.1, -0.05) is 17.3 Å². The quantitative estimate of drug-likeness (QED) is 0.859. The Morgan fingerprint density at radius 3 is 2.42 bits per heavy atom. The molecular formula is C16H14F3N3O4. The molecule has 0 saturated heterocycles. The van der Waals surface area contributed by atoms with Crippen molar-refractivity contribution in [2.45, 2.75) is 31.5 Å². The molecule has 1 aliphatic carbocycles. The third-order valence-electron chi connectivity index (χ3n) is 4.19. The SMILES string of the molecule is O=C(N[C@@H]1CC[C@H](C(=O)O)C1)c1ccc(-c2noc(C(F)(F)F)n2)cc1. The summed E-state index contributed by atoms with van der Waals surface area (Å²) in [4.78, 5) is 26.4. The normalized spacial score (nSPS) is 20.1. The number of benzene rings is 1. The molecule has 2 aromatic rings. The van der Waals surface area contributed by atoms with E-state index in [1.165, 1.54) is 24.3 Å². The van der Waals surface area contributed by atoms with Crippen molar-refractivity contribution in [1.29, 1.82) is 0 Å². The maximum Gasteiger partial charge on any atom is 0.471 e. The summed E-state index contributed by atoms with van der Waals surface area (Å²) in [6, 6.07) is 5.47.